The van der Waals surface area contributed by atoms with E-state index in [1.54, 1.807) is 6.92 Å². The molecule has 0 spiro atoms. The fourth-order valence-corrected chi connectivity index (χ4v) is 4.60. The number of alkyl halides is 2. The van der Waals surface area contributed by atoms with Crippen LogP contribution in [-0.2, 0) is 4.79 Å². The van der Waals surface area contributed by atoms with Crippen molar-refractivity contribution in [3.8, 4) is 0 Å². The molecule has 3 N–H and O–H groups in total. The van der Waals surface area contributed by atoms with E-state index in [-0.39, 0.29) is 35.8 Å². The molecule has 1 saturated carbocycles. The number of rotatable bonds is 8. The van der Waals surface area contributed by atoms with E-state index in [0.717, 1.165) is 0 Å². The lowest BCUT2D eigenvalue weighted by Crippen LogP contribution is -2.50. The third kappa shape index (κ3) is 5.78. The monoisotopic (exact) mass is 534 g/mol. The second-order valence-corrected chi connectivity index (χ2v) is 9.72. The lowest BCUT2D eigenvalue weighted by molar-refractivity contribution is -0.121. The van der Waals surface area contributed by atoms with Gasteiger partial charge in [-0.3, -0.25) is 23.7 Å². The smallest absolute Gasteiger partial charge is 0.270 e. The topological polar surface area (TPSA) is 140 Å². The summed E-state index contributed by atoms with van der Waals surface area (Å²) in [6.45, 7) is 5.28. The van der Waals surface area contributed by atoms with Gasteiger partial charge in [0.05, 0.1) is 12.2 Å². The van der Waals surface area contributed by atoms with Crippen LogP contribution in [0.5, 0.6) is 0 Å². The van der Waals surface area contributed by atoms with Crippen LogP contribution in [0.25, 0.3) is 0 Å². The van der Waals surface area contributed by atoms with Crippen LogP contribution < -0.4 is 16.2 Å². The first-order valence-electron chi connectivity index (χ1n) is 12.3. The quantitative estimate of drug-likeness (QED) is 0.406. The average Bonchev–Trinajstić information content (AvgIpc) is 3.50. The fourth-order valence-electron chi connectivity index (χ4n) is 4.60. The summed E-state index contributed by atoms with van der Waals surface area (Å²) in [4.78, 5) is 38.5. The average molecular weight is 535 g/mol. The van der Waals surface area contributed by atoms with Crippen LogP contribution >= 0.6 is 0 Å². The van der Waals surface area contributed by atoms with Crippen LogP contribution in [-0.4, -0.2) is 53.5 Å². The minimum Gasteiger partial charge on any atom is -0.339 e. The molecule has 1 aliphatic carbocycles. The van der Waals surface area contributed by atoms with Gasteiger partial charge in [-0.15, -0.1) is 5.10 Å². The van der Waals surface area contributed by atoms with Gasteiger partial charge in [0, 0.05) is 36.8 Å². The zero-order valence-electron chi connectivity index (χ0n) is 21.1. The molecule has 3 aromatic rings. The number of carbonyl (C=O) groups excluding carboxylic acids is 2. The number of halogens is 3. The summed E-state index contributed by atoms with van der Waals surface area (Å²) >= 11 is 0. The standard InChI is InChI=1S/C24H29F3N8O3/c1-13(2)35-18(7-11-29-35)22(37)31-19(15-4-8-24(26,27)9-5-15)23(38)30-17-12-34(33-20(17)25)14(3)16-6-10-28-32-21(16)36/h6-7,10-15,19H,4-5,8-9H2,1-3H3,(H,30,38)(H,31,37)(H,32,36)/t14-,19+/m1/s1. The SMILES string of the molecule is CC(C)n1nccc1C(=O)N[C@H](C(=O)Nc1cn([C@H](C)c2ccn[nH]c2=O)nc1F)C1CCC(F)(F)CC1. The molecule has 1 fully saturated rings. The van der Waals surface area contributed by atoms with Crippen LogP contribution in [0, 0.1) is 11.9 Å². The van der Waals surface area contributed by atoms with E-state index in [1.165, 1.54) is 40.1 Å². The highest BCUT2D eigenvalue weighted by Crippen LogP contribution is 2.38. The molecule has 1 aliphatic rings. The summed E-state index contributed by atoms with van der Waals surface area (Å²) in [5.74, 6) is -5.81. The number of hydrogen-bond donors (Lipinski definition) is 3. The van der Waals surface area contributed by atoms with Crippen LogP contribution in [0.1, 0.15) is 74.6 Å². The Bertz CT molecular complexity index is 1360. The number of aromatic amines is 1. The molecular weight excluding hydrogens is 505 g/mol. The van der Waals surface area contributed by atoms with Crippen molar-refractivity contribution in [1.29, 1.82) is 0 Å². The van der Waals surface area contributed by atoms with E-state index in [9.17, 15) is 27.6 Å². The zero-order valence-corrected chi connectivity index (χ0v) is 21.1. The summed E-state index contributed by atoms with van der Waals surface area (Å²) in [6, 6.07) is 0.923. The van der Waals surface area contributed by atoms with Crippen LogP contribution in [0.3, 0.4) is 0 Å². The predicted octanol–water partition coefficient (Wildman–Crippen LogP) is 3.05. The zero-order chi connectivity index (χ0) is 27.6. The Morgan fingerprint density at radius 3 is 2.53 bits per heavy atom. The van der Waals surface area contributed by atoms with Crippen molar-refractivity contribution in [2.45, 2.75) is 70.5 Å². The normalized spacial score (nSPS) is 17.2. The summed E-state index contributed by atoms with van der Waals surface area (Å²) in [5, 5.41) is 18.9. The Morgan fingerprint density at radius 2 is 1.87 bits per heavy atom. The first kappa shape index (κ1) is 27.1. The Kier molecular flexibility index (Phi) is 7.69. The van der Waals surface area contributed by atoms with Crippen LogP contribution in [0.2, 0.25) is 0 Å². The summed E-state index contributed by atoms with van der Waals surface area (Å²) in [6.07, 6.45) is 3.19. The molecule has 38 heavy (non-hydrogen) atoms. The number of aromatic nitrogens is 6. The lowest BCUT2D eigenvalue weighted by Gasteiger charge is -2.33. The van der Waals surface area contributed by atoms with Gasteiger partial charge in [0.15, 0.2) is 0 Å². The second kappa shape index (κ2) is 10.8. The highest BCUT2D eigenvalue weighted by Gasteiger charge is 2.41. The molecule has 4 rings (SSSR count). The molecule has 3 heterocycles. The van der Waals surface area contributed by atoms with E-state index in [2.05, 4.69) is 31.0 Å². The van der Waals surface area contributed by atoms with Gasteiger partial charge in [-0.1, -0.05) is 0 Å². The first-order valence-corrected chi connectivity index (χ1v) is 12.3. The van der Waals surface area contributed by atoms with Gasteiger partial charge in [0.1, 0.15) is 17.4 Å². The van der Waals surface area contributed by atoms with Crippen molar-refractivity contribution in [3.05, 3.63) is 58.3 Å². The van der Waals surface area contributed by atoms with Crippen LogP contribution in [0.4, 0.5) is 18.9 Å². The molecule has 0 aliphatic heterocycles. The number of amides is 2. The van der Waals surface area contributed by atoms with Crippen molar-refractivity contribution >= 4 is 17.5 Å². The maximum absolute atomic E-state index is 14.7. The Labute approximate surface area is 215 Å². The van der Waals surface area contributed by atoms with Gasteiger partial charge in [0.2, 0.25) is 11.8 Å². The number of nitrogens with zero attached hydrogens (tertiary/aromatic N) is 5. The van der Waals surface area contributed by atoms with Crippen molar-refractivity contribution in [3.63, 3.8) is 0 Å². The summed E-state index contributed by atoms with van der Waals surface area (Å²) in [7, 11) is 0. The van der Waals surface area contributed by atoms with E-state index in [0.29, 0.717) is 0 Å². The van der Waals surface area contributed by atoms with Gasteiger partial charge in [-0.05, 0) is 51.7 Å². The van der Waals surface area contributed by atoms with Crippen LogP contribution in [0.15, 0.2) is 35.5 Å². The van der Waals surface area contributed by atoms with E-state index in [4.69, 9.17) is 0 Å². The number of carbonyl (C=O) groups is 2. The molecule has 0 saturated heterocycles. The van der Waals surface area contributed by atoms with Gasteiger partial charge in [-0.25, -0.2) is 13.9 Å². The lowest BCUT2D eigenvalue weighted by atomic mass is 9.81. The molecular formula is C24H29F3N8O3. The predicted molar refractivity (Wildman–Crippen MR) is 130 cm³/mol. The minimum absolute atomic E-state index is 0.00158. The van der Waals surface area contributed by atoms with E-state index in [1.807, 2.05) is 13.8 Å². The molecule has 2 amide bonds. The Morgan fingerprint density at radius 1 is 1.16 bits per heavy atom. The number of H-pyrrole nitrogens is 1. The van der Waals surface area contributed by atoms with Crippen molar-refractivity contribution in [2.24, 2.45) is 5.92 Å². The maximum atomic E-state index is 14.7. The van der Waals surface area contributed by atoms with Gasteiger partial charge in [0.25, 0.3) is 17.4 Å². The molecule has 0 radical (unpaired) electrons. The molecule has 2 atom stereocenters. The van der Waals surface area contributed by atoms with E-state index >= 15 is 0 Å². The van der Waals surface area contributed by atoms with Crippen molar-refractivity contribution in [1.82, 2.24) is 35.1 Å². The molecule has 0 bridgehead atoms. The Balaban J connectivity index is 1.56. The Hall–Kier alpha value is -3.97. The summed E-state index contributed by atoms with van der Waals surface area (Å²) in [5.41, 5.74) is -0.274. The second-order valence-electron chi connectivity index (χ2n) is 9.72. The molecule has 0 aromatic carbocycles. The third-order valence-electron chi connectivity index (χ3n) is 6.74. The van der Waals surface area contributed by atoms with Gasteiger partial charge < -0.3 is 10.6 Å². The number of hydrogen-bond acceptors (Lipinski definition) is 6. The maximum Gasteiger partial charge on any atom is 0.270 e. The largest absolute Gasteiger partial charge is 0.339 e. The van der Waals surface area contributed by atoms with Gasteiger partial charge in [-0.2, -0.15) is 14.6 Å². The minimum atomic E-state index is -2.84. The van der Waals surface area contributed by atoms with Crippen molar-refractivity contribution in [2.75, 3.05) is 5.32 Å². The highest BCUT2D eigenvalue weighted by molar-refractivity contribution is 6.00. The van der Waals surface area contributed by atoms with Crippen molar-refractivity contribution < 1.29 is 22.8 Å². The highest BCUT2D eigenvalue weighted by atomic mass is 19.3. The molecule has 14 heteroatoms. The molecule has 3 aromatic heterocycles. The first-order chi connectivity index (χ1) is 18.0. The molecule has 204 valence electrons. The number of nitrogens with one attached hydrogen (secondary N) is 3. The van der Waals surface area contributed by atoms with Gasteiger partial charge >= 0.3 is 0 Å². The molecule has 0 unspecified atom stereocenters. The van der Waals surface area contributed by atoms with E-state index < -0.39 is 60.1 Å². The molecule has 11 nitrogen and oxygen atoms in total. The third-order valence-corrected chi connectivity index (χ3v) is 6.74. The fraction of sp³-hybridized carbons (Fsp3) is 0.500. The number of anilines is 1. The summed E-state index contributed by atoms with van der Waals surface area (Å²) < 4.78 is 45.0.